The molecule has 0 amide bonds. The first-order chi connectivity index (χ1) is 10.7. The maximum atomic E-state index is 10.6. The van der Waals surface area contributed by atoms with Crippen LogP contribution in [0.1, 0.15) is 64.7 Å². The van der Waals surface area contributed by atoms with E-state index >= 15 is 0 Å². The molecule has 5 atom stereocenters. The summed E-state index contributed by atoms with van der Waals surface area (Å²) in [7, 11) is 1.80. The van der Waals surface area contributed by atoms with Crippen molar-refractivity contribution in [2.45, 2.75) is 70.8 Å². The molecule has 22 heavy (non-hydrogen) atoms. The zero-order chi connectivity index (χ0) is 15.3. The molecule has 0 bridgehead atoms. The Hall–Kier alpha value is -0.760. The van der Waals surface area contributed by atoms with Gasteiger partial charge in [0, 0.05) is 6.42 Å². The third kappa shape index (κ3) is 1.95. The molecule has 0 spiro atoms. The first-order valence-corrected chi connectivity index (χ1v) is 9.31. The maximum Gasteiger partial charge on any atom is 0.0959 e. The molecule has 2 fully saturated rings. The lowest BCUT2D eigenvalue weighted by atomic mass is 9.53. The number of aliphatic hydroxyl groups excluding tert-OH is 1. The molecular weight excluding hydrogens is 272 g/mol. The molecule has 2 saturated carbocycles. The van der Waals surface area contributed by atoms with Crippen molar-refractivity contribution in [2.75, 3.05) is 7.11 Å². The van der Waals surface area contributed by atoms with Gasteiger partial charge in [-0.1, -0.05) is 18.1 Å². The fourth-order valence-corrected chi connectivity index (χ4v) is 6.50. The summed E-state index contributed by atoms with van der Waals surface area (Å²) in [6.07, 6.45) is 13.1. The van der Waals surface area contributed by atoms with Crippen molar-refractivity contribution in [3.63, 3.8) is 0 Å². The molecule has 0 aromatic heterocycles. The molecule has 0 radical (unpaired) electrons. The molecule has 0 heterocycles. The van der Waals surface area contributed by atoms with Gasteiger partial charge in [0.05, 0.1) is 19.0 Å². The SMILES string of the molecule is CCC12CC[C@@H]3C4=C(CC[C@H]3[C@@H]1CC[C@@H]2O)CC(OC)=CC4. The van der Waals surface area contributed by atoms with Crippen molar-refractivity contribution in [2.24, 2.45) is 23.2 Å². The number of aliphatic hydroxyl groups is 1. The monoisotopic (exact) mass is 302 g/mol. The first kappa shape index (κ1) is 14.8. The summed E-state index contributed by atoms with van der Waals surface area (Å²) in [5.74, 6) is 3.58. The van der Waals surface area contributed by atoms with Crippen molar-refractivity contribution in [3.8, 4) is 0 Å². The largest absolute Gasteiger partial charge is 0.501 e. The van der Waals surface area contributed by atoms with Crippen LogP contribution < -0.4 is 0 Å². The van der Waals surface area contributed by atoms with E-state index < -0.39 is 0 Å². The smallest absolute Gasteiger partial charge is 0.0959 e. The van der Waals surface area contributed by atoms with Crippen LogP contribution in [0.2, 0.25) is 0 Å². The van der Waals surface area contributed by atoms with Gasteiger partial charge in [-0.25, -0.2) is 0 Å². The highest BCUT2D eigenvalue weighted by Crippen LogP contribution is 2.62. The molecule has 122 valence electrons. The molecule has 0 aromatic carbocycles. The summed E-state index contributed by atoms with van der Waals surface area (Å²) < 4.78 is 5.49. The molecule has 2 heteroatoms. The van der Waals surface area contributed by atoms with Crippen LogP contribution >= 0.6 is 0 Å². The van der Waals surface area contributed by atoms with Crippen molar-refractivity contribution in [1.82, 2.24) is 0 Å². The van der Waals surface area contributed by atoms with Gasteiger partial charge in [0.1, 0.15) is 0 Å². The molecule has 1 N–H and O–H groups in total. The van der Waals surface area contributed by atoms with Crippen molar-refractivity contribution >= 4 is 0 Å². The predicted molar refractivity (Wildman–Crippen MR) is 88.3 cm³/mol. The Balaban J connectivity index is 1.61. The van der Waals surface area contributed by atoms with Gasteiger partial charge < -0.3 is 9.84 Å². The quantitative estimate of drug-likeness (QED) is 0.756. The summed E-state index contributed by atoms with van der Waals surface area (Å²) in [6.45, 7) is 2.31. The Kier molecular flexibility index (Phi) is 3.64. The molecule has 0 aliphatic heterocycles. The van der Waals surface area contributed by atoms with E-state index in [2.05, 4.69) is 13.0 Å². The molecule has 2 nitrogen and oxygen atoms in total. The van der Waals surface area contributed by atoms with E-state index in [1.807, 2.05) is 0 Å². The number of rotatable bonds is 2. The van der Waals surface area contributed by atoms with Crippen LogP contribution in [0.15, 0.2) is 23.0 Å². The second-order valence-electron chi connectivity index (χ2n) is 8.02. The van der Waals surface area contributed by atoms with Crippen LogP contribution in [0, 0.1) is 23.2 Å². The average Bonchev–Trinajstić information content (AvgIpc) is 2.91. The Morgan fingerprint density at radius 1 is 1.27 bits per heavy atom. The van der Waals surface area contributed by atoms with Crippen LogP contribution in [-0.2, 0) is 4.74 Å². The van der Waals surface area contributed by atoms with Crippen LogP contribution in [0.25, 0.3) is 0 Å². The number of fused-ring (bicyclic) bond motifs is 4. The van der Waals surface area contributed by atoms with E-state index in [4.69, 9.17) is 4.74 Å². The Bertz CT molecular complexity index is 518. The second kappa shape index (κ2) is 5.40. The molecule has 4 aliphatic carbocycles. The van der Waals surface area contributed by atoms with Crippen LogP contribution in [0.5, 0.6) is 0 Å². The summed E-state index contributed by atoms with van der Waals surface area (Å²) in [5.41, 5.74) is 3.69. The molecule has 4 aliphatic rings. The van der Waals surface area contributed by atoms with Crippen LogP contribution in [-0.4, -0.2) is 18.3 Å². The molecule has 1 unspecified atom stereocenters. The minimum absolute atomic E-state index is 0.0369. The standard InChI is InChI=1S/C20H30O2/c1-3-20-11-10-16-15-7-5-14(22-2)12-13(15)4-6-17(16)18(20)8-9-19(20)21/h5,16-19,21H,3-4,6-12H2,1-2H3/t16-,17-,18+,19+,20?/m1/s1. The van der Waals surface area contributed by atoms with Gasteiger partial charge in [-0.15, -0.1) is 0 Å². The average molecular weight is 302 g/mol. The van der Waals surface area contributed by atoms with E-state index in [1.54, 1.807) is 18.3 Å². The zero-order valence-corrected chi connectivity index (χ0v) is 14.1. The summed E-state index contributed by atoms with van der Waals surface area (Å²) in [5, 5.41) is 10.6. The molecule has 4 rings (SSSR count). The summed E-state index contributed by atoms with van der Waals surface area (Å²) in [6, 6.07) is 0. The van der Waals surface area contributed by atoms with E-state index in [0.717, 1.165) is 37.0 Å². The molecule has 0 saturated heterocycles. The lowest BCUT2D eigenvalue weighted by Crippen LogP contribution is -2.46. The number of ether oxygens (including phenoxy) is 1. The fraction of sp³-hybridized carbons (Fsp3) is 0.800. The third-order valence-electron chi connectivity index (χ3n) is 7.65. The predicted octanol–water partition coefficient (Wildman–Crippen LogP) is 4.59. The van der Waals surface area contributed by atoms with E-state index in [1.165, 1.54) is 44.3 Å². The van der Waals surface area contributed by atoms with Gasteiger partial charge in [-0.3, -0.25) is 0 Å². The topological polar surface area (TPSA) is 29.5 Å². The maximum absolute atomic E-state index is 10.6. The van der Waals surface area contributed by atoms with Crippen molar-refractivity contribution in [3.05, 3.63) is 23.0 Å². The third-order valence-corrected chi connectivity index (χ3v) is 7.65. The summed E-state index contributed by atoms with van der Waals surface area (Å²) >= 11 is 0. The Morgan fingerprint density at radius 2 is 2.14 bits per heavy atom. The van der Waals surface area contributed by atoms with E-state index in [-0.39, 0.29) is 11.5 Å². The summed E-state index contributed by atoms with van der Waals surface area (Å²) in [4.78, 5) is 0. The van der Waals surface area contributed by atoms with Gasteiger partial charge in [0.25, 0.3) is 0 Å². The first-order valence-electron chi connectivity index (χ1n) is 9.31. The zero-order valence-electron chi connectivity index (χ0n) is 14.1. The highest BCUT2D eigenvalue weighted by Gasteiger charge is 2.56. The van der Waals surface area contributed by atoms with Gasteiger partial charge in [-0.2, -0.15) is 0 Å². The normalized spacial score (nSPS) is 44.0. The number of allylic oxidation sites excluding steroid dienone is 3. The molecule has 0 aromatic rings. The Labute approximate surface area is 134 Å². The minimum atomic E-state index is -0.0369. The lowest BCUT2D eigenvalue weighted by Gasteiger charge is -2.52. The van der Waals surface area contributed by atoms with E-state index in [0.29, 0.717) is 0 Å². The second-order valence-corrected chi connectivity index (χ2v) is 8.02. The van der Waals surface area contributed by atoms with Gasteiger partial charge >= 0.3 is 0 Å². The molecular formula is C20H30O2. The van der Waals surface area contributed by atoms with Crippen LogP contribution in [0.4, 0.5) is 0 Å². The van der Waals surface area contributed by atoms with E-state index in [9.17, 15) is 5.11 Å². The van der Waals surface area contributed by atoms with Crippen LogP contribution in [0.3, 0.4) is 0 Å². The highest BCUT2D eigenvalue weighted by atomic mass is 16.5. The van der Waals surface area contributed by atoms with Crippen molar-refractivity contribution in [1.29, 1.82) is 0 Å². The minimum Gasteiger partial charge on any atom is -0.501 e. The van der Waals surface area contributed by atoms with Gasteiger partial charge in [-0.05, 0) is 80.6 Å². The Morgan fingerprint density at radius 3 is 2.91 bits per heavy atom. The number of methoxy groups -OCH3 is 1. The number of hydrogen-bond donors (Lipinski definition) is 1. The number of hydrogen-bond acceptors (Lipinski definition) is 2. The highest BCUT2D eigenvalue weighted by molar-refractivity contribution is 5.32. The van der Waals surface area contributed by atoms with Crippen molar-refractivity contribution < 1.29 is 9.84 Å². The lowest BCUT2D eigenvalue weighted by molar-refractivity contribution is -0.0473. The van der Waals surface area contributed by atoms with Gasteiger partial charge in [0.15, 0.2) is 0 Å². The fourth-order valence-electron chi connectivity index (χ4n) is 6.50. The van der Waals surface area contributed by atoms with Gasteiger partial charge in [0.2, 0.25) is 0 Å².